The molecule has 1 aliphatic heterocycles. The van der Waals surface area contributed by atoms with Gasteiger partial charge in [0, 0.05) is 44.5 Å². The molecule has 3 N–H and O–H groups in total. The highest BCUT2D eigenvalue weighted by molar-refractivity contribution is 5.81. The molecule has 7 nitrogen and oxygen atoms in total. The van der Waals surface area contributed by atoms with Gasteiger partial charge in [-0.05, 0) is 6.07 Å². The maximum atomic E-state index is 8.57. The second-order valence-electron chi connectivity index (χ2n) is 4.82. The van der Waals surface area contributed by atoms with Crippen molar-refractivity contribution in [3.8, 4) is 5.88 Å². The van der Waals surface area contributed by atoms with Gasteiger partial charge in [-0.1, -0.05) is 11.2 Å². The van der Waals surface area contributed by atoms with Gasteiger partial charge in [-0.3, -0.25) is 9.80 Å². The van der Waals surface area contributed by atoms with Gasteiger partial charge in [0.15, 0.2) is 5.84 Å². The third-order valence-corrected chi connectivity index (χ3v) is 3.42. The third kappa shape index (κ3) is 3.82. The number of oxime groups is 1. The smallest absolute Gasteiger partial charge is 0.217 e. The van der Waals surface area contributed by atoms with Crippen molar-refractivity contribution in [3.05, 3.63) is 23.9 Å². The SMILES string of the molecule is COc1ncccc1CN1CCN(C/C(N)=N/O)CC1. The van der Waals surface area contributed by atoms with Crippen molar-refractivity contribution in [2.45, 2.75) is 6.54 Å². The summed E-state index contributed by atoms with van der Waals surface area (Å²) in [6.45, 7) is 5.03. The molecule has 0 spiro atoms. The highest BCUT2D eigenvalue weighted by atomic mass is 16.5. The summed E-state index contributed by atoms with van der Waals surface area (Å²) in [4.78, 5) is 8.73. The Morgan fingerprint density at radius 1 is 1.40 bits per heavy atom. The Morgan fingerprint density at radius 2 is 2.10 bits per heavy atom. The van der Waals surface area contributed by atoms with Gasteiger partial charge in [0.05, 0.1) is 13.7 Å². The zero-order valence-corrected chi connectivity index (χ0v) is 11.7. The number of pyridine rings is 1. The Hall–Kier alpha value is -1.86. The first-order valence-corrected chi connectivity index (χ1v) is 6.62. The average Bonchev–Trinajstić information content (AvgIpc) is 2.49. The molecule has 0 amide bonds. The van der Waals surface area contributed by atoms with Gasteiger partial charge in [-0.25, -0.2) is 4.98 Å². The normalized spacial score (nSPS) is 18.1. The summed E-state index contributed by atoms with van der Waals surface area (Å²) in [5.74, 6) is 0.943. The van der Waals surface area contributed by atoms with Crippen molar-refractivity contribution in [1.29, 1.82) is 0 Å². The van der Waals surface area contributed by atoms with Gasteiger partial charge in [0.2, 0.25) is 5.88 Å². The van der Waals surface area contributed by atoms with Gasteiger partial charge in [-0.2, -0.15) is 0 Å². The lowest BCUT2D eigenvalue weighted by atomic mass is 10.2. The van der Waals surface area contributed by atoms with Crippen LogP contribution in [0.25, 0.3) is 0 Å². The topological polar surface area (TPSA) is 87.2 Å². The van der Waals surface area contributed by atoms with Crippen LogP contribution in [0, 0.1) is 0 Å². The summed E-state index contributed by atoms with van der Waals surface area (Å²) in [7, 11) is 1.64. The van der Waals surface area contributed by atoms with E-state index < -0.39 is 0 Å². The summed E-state index contributed by atoms with van der Waals surface area (Å²) in [6.07, 6.45) is 1.73. The molecule has 2 rings (SSSR count). The van der Waals surface area contributed by atoms with E-state index in [4.69, 9.17) is 15.7 Å². The van der Waals surface area contributed by atoms with E-state index in [-0.39, 0.29) is 5.84 Å². The fourth-order valence-corrected chi connectivity index (χ4v) is 2.34. The number of amidine groups is 1. The van der Waals surface area contributed by atoms with Crippen LogP contribution in [-0.2, 0) is 6.54 Å². The van der Waals surface area contributed by atoms with Gasteiger partial charge in [0.1, 0.15) is 0 Å². The van der Waals surface area contributed by atoms with Crippen LogP contribution >= 0.6 is 0 Å². The predicted octanol–water partition coefficient (Wildman–Crippen LogP) is -0.0458. The molecule has 0 unspecified atom stereocenters. The molecule has 110 valence electrons. The zero-order valence-electron chi connectivity index (χ0n) is 11.7. The van der Waals surface area contributed by atoms with Crippen LogP contribution in [0.15, 0.2) is 23.5 Å². The second kappa shape index (κ2) is 7.06. The van der Waals surface area contributed by atoms with E-state index in [2.05, 4.69) is 19.9 Å². The molecule has 20 heavy (non-hydrogen) atoms. The Morgan fingerprint density at radius 3 is 2.75 bits per heavy atom. The monoisotopic (exact) mass is 279 g/mol. The summed E-state index contributed by atoms with van der Waals surface area (Å²) >= 11 is 0. The first kappa shape index (κ1) is 14.5. The molecule has 1 saturated heterocycles. The average molecular weight is 279 g/mol. The minimum atomic E-state index is 0.257. The number of aromatic nitrogens is 1. The molecule has 7 heteroatoms. The Bertz CT molecular complexity index is 458. The third-order valence-electron chi connectivity index (χ3n) is 3.42. The molecule has 0 radical (unpaired) electrons. The molecule has 2 heterocycles. The number of hydrogen-bond acceptors (Lipinski definition) is 6. The van der Waals surface area contributed by atoms with Crippen molar-refractivity contribution in [2.75, 3.05) is 39.8 Å². The molecular formula is C13H21N5O2. The maximum absolute atomic E-state index is 8.57. The maximum Gasteiger partial charge on any atom is 0.217 e. The van der Waals surface area contributed by atoms with Crippen molar-refractivity contribution in [1.82, 2.24) is 14.8 Å². The van der Waals surface area contributed by atoms with Crippen molar-refractivity contribution >= 4 is 5.84 Å². The first-order valence-electron chi connectivity index (χ1n) is 6.62. The predicted molar refractivity (Wildman–Crippen MR) is 75.9 cm³/mol. The summed E-state index contributed by atoms with van der Waals surface area (Å²) < 4.78 is 5.27. The number of nitrogens with two attached hydrogens (primary N) is 1. The molecule has 1 aromatic rings. The molecule has 0 saturated carbocycles. The van der Waals surface area contributed by atoms with Gasteiger partial charge < -0.3 is 15.7 Å². The lowest BCUT2D eigenvalue weighted by molar-refractivity contribution is 0.137. The molecule has 0 aliphatic carbocycles. The minimum absolute atomic E-state index is 0.257. The van der Waals surface area contributed by atoms with Crippen LogP contribution in [0.5, 0.6) is 5.88 Å². The van der Waals surface area contributed by atoms with Crippen LogP contribution in [-0.4, -0.2) is 65.7 Å². The van der Waals surface area contributed by atoms with E-state index >= 15 is 0 Å². The fraction of sp³-hybridized carbons (Fsp3) is 0.538. The first-order chi connectivity index (χ1) is 9.72. The molecule has 0 atom stereocenters. The molecule has 0 aromatic carbocycles. The molecule has 1 fully saturated rings. The molecule has 1 aliphatic rings. The zero-order chi connectivity index (χ0) is 14.4. The number of ether oxygens (including phenoxy) is 1. The molecular weight excluding hydrogens is 258 g/mol. The quantitative estimate of drug-likeness (QED) is 0.340. The minimum Gasteiger partial charge on any atom is -0.481 e. The van der Waals surface area contributed by atoms with Gasteiger partial charge >= 0.3 is 0 Å². The van der Waals surface area contributed by atoms with E-state index in [0.29, 0.717) is 12.4 Å². The largest absolute Gasteiger partial charge is 0.481 e. The van der Waals surface area contributed by atoms with E-state index in [9.17, 15) is 0 Å². The molecule has 0 bridgehead atoms. The Labute approximate surface area is 118 Å². The highest BCUT2D eigenvalue weighted by Gasteiger charge is 2.18. The van der Waals surface area contributed by atoms with Gasteiger partial charge in [-0.15, -0.1) is 0 Å². The van der Waals surface area contributed by atoms with Gasteiger partial charge in [0.25, 0.3) is 0 Å². The van der Waals surface area contributed by atoms with Crippen LogP contribution in [0.4, 0.5) is 0 Å². The van der Waals surface area contributed by atoms with Crippen molar-refractivity contribution < 1.29 is 9.94 Å². The highest BCUT2D eigenvalue weighted by Crippen LogP contribution is 2.16. The number of nitrogens with zero attached hydrogens (tertiary/aromatic N) is 4. The number of hydrogen-bond donors (Lipinski definition) is 2. The Balaban J connectivity index is 1.85. The summed E-state index contributed by atoms with van der Waals surface area (Å²) in [5.41, 5.74) is 6.62. The number of methoxy groups -OCH3 is 1. The Kier molecular flexibility index (Phi) is 5.14. The van der Waals surface area contributed by atoms with Crippen LogP contribution < -0.4 is 10.5 Å². The number of piperazine rings is 1. The standard InChI is InChI=1S/C13H21N5O2/c1-20-13-11(3-2-4-15-13)9-17-5-7-18(8-6-17)10-12(14)16-19/h2-4,19H,5-10H2,1H3,(H2,14,16). The number of rotatable bonds is 5. The summed E-state index contributed by atoms with van der Waals surface area (Å²) in [6, 6.07) is 3.96. The van der Waals surface area contributed by atoms with E-state index in [1.165, 1.54) is 0 Å². The van der Waals surface area contributed by atoms with E-state index in [1.54, 1.807) is 13.3 Å². The van der Waals surface area contributed by atoms with Crippen LogP contribution in [0.1, 0.15) is 5.56 Å². The summed E-state index contributed by atoms with van der Waals surface area (Å²) in [5, 5.41) is 11.6. The lowest BCUT2D eigenvalue weighted by Crippen LogP contribution is -2.48. The molecule has 1 aromatic heterocycles. The van der Waals surface area contributed by atoms with Crippen LogP contribution in [0.2, 0.25) is 0 Å². The van der Waals surface area contributed by atoms with E-state index in [0.717, 1.165) is 38.3 Å². The fourth-order valence-electron chi connectivity index (χ4n) is 2.34. The van der Waals surface area contributed by atoms with Crippen molar-refractivity contribution in [3.63, 3.8) is 0 Å². The van der Waals surface area contributed by atoms with Crippen LogP contribution in [0.3, 0.4) is 0 Å². The van der Waals surface area contributed by atoms with Crippen molar-refractivity contribution in [2.24, 2.45) is 10.9 Å². The second-order valence-corrected chi connectivity index (χ2v) is 4.82. The lowest BCUT2D eigenvalue weighted by Gasteiger charge is -2.34. The van der Waals surface area contributed by atoms with E-state index in [1.807, 2.05) is 12.1 Å².